The molecule has 0 N–H and O–H groups in total. The number of benzene rings is 1. The molecule has 0 bridgehead atoms. The quantitative estimate of drug-likeness (QED) is 0.148. The summed E-state index contributed by atoms with van der Waals surface area (Å²) in [6.45, 7) is 16.4. The van der Waals surface area contributed by atoms with Crippen LogP contribution in [-0.4, -0.2) is 12.3 Å². The summed E-state index contributed by atoms with van der Waals surface area (Å²) >= 11 is 0. The van der Waals surface area contributed by atoms with Crippen molar-refractivity contribution in [3.8, 4) is 5.75 Å². The summed E-state index contributed by atoms with van der Waals surface area (Å²) < 4.78 is 41.1. The van der Waals surface area contributed by atoms with Crippen molar-refractivity contribution in [1.29, 1.82) is 0 Å². The van der Waals surface area contributed by atoms with Gasteiger partial charge in [0.25, 0.3) is 0 Å². The Morgan fingerprint density at radius 2 is 1.65 bits per heavy atom. The average Bonchev–Trinajstić information content (AvgIpc) is 2.73. The van der Waals surface area contributed by atoms with Gasteiger partial charge in [0.15, 0.2) is 6.47 Å². The van der Waals surface area contributed by atoms with Gasteiger partial charge in [0.2, 0.25) is 0 Å². The number of halogens is 3. The first-order valence-electron chi connectivity index (χ1n) is 9.99. The Bertz CT molecular complexity index is 686. The van der Waals surface area contributed by atoms with Crippen molar-refractivity contribution < 1.29 is 90.7 Å². The predicted octanol–water partition coefficient (Wildman–Crippen LogP) is 7.39. The fraction of sp³-hybridized carbons (Fsp3) is 0.440. The third-order valence-corrected chi connectivity index (χ3v) is 4.39. The molecule has 34 heavy (non-hydrogen) atoms. The maximum absolute atomic E-state index is 12.3. The molecule has 0 heterocycles. The number of ether oxygens (including phenoxy) is 1. The van der Waals surface area contributed by atoms with Crippen molar-refractivity contribution in [1.82, 2.24) is 0 Å². The molecule has 0 saturated heterocycles. The van der Waals surface area contributed by atoms with E-state index in [-0.39, 0.29) is 68.8 Å². The van der Waals surface area contributed by atoms with E-state index in [1.807, 2.05) is 0 Å². The fourth-order valence-electron chi connectivity index (χ4n) is 2.06. The first-order chi connectivity index (χ1) is 14.5. The zero-order chi connectivity index (χ0) is 24.4. The minimum Gasteiger partial charge on any atom is -0.609 e. The molecule has 0 amide bonds. The van der Waals surface area contributed by atoms with E-state index in [1.54, 1.807) is 0 Å². The molecule has 0 aliphatic carbocycles. The van der Waals surface area contributed by atoms with E-state index in [2.05, 4.69) is 77.0 Å². The summed E-state index contributed by atoms with van der Waals surface area (Å²) in [5, 5.41) is 0. The first-order valence-corrected chi connectivity index (χ1v) is 9.99. The Labute approximate surface area is 246 Å². The zero-order valence-corrected chi connectivity index (χ0v) is 29.2. The van der Waals surface area contributed by atoms with E-state index in [9.17, 15) is 22.8 Å². The number of rotatable bonds is 9. The number of carbonyl (C=O) groups excluding carboxylic acids is 2. The SMILES string of the molecule is C=[C-]C/C=C\CC.CC(=O)c1ccc(C(F)(F)F)cc1O[C-]=O.C[CH-]C(C)C(C)[CH-]C.[W+2].[W+2].[W]. The smallest absolute Gasteiger partial charge is 0.609 e. The van der Waals surface area contributed by atoms with Gasteiger partial charge in [-0.2, -0.15) is 45.3 Å². The maximum atomic E-state index is 12.3. The maximum Gasteiger partial charge on any atom is 2.00 e. The second kappa shape index (κ2) is 25.8. The first kappa shape index (κ1) is 43.7. The van der Waals surface area contributed by atoms with Gasteiger partial charge in [-0.25, -0.2) is 0 Å². The van der Waals surface area contributed by atoms with Crippen LogP contribution in [0.4, 0.5) is 13.2 Å². The van der Waals surface area contributed by atoms with Crippen LogP contribution in [0.15, 0.2) is 36.9 Å². The number of carbonyl (C=O) groups is 1. The van der Waals surface area contributed by atoms with Crippen LogP contribution in [-0.2, 0) is 74.2 Å². The molecule has 0 fully saturated rings. The topological polar surface area (TPSA) is 43.4 Å². The van der Waals surface area contributed by atoms with Gasteiger partial charge in [0.05, 0.1) is 0 Å². The van der Waals surface area contributed by atoms with Gasteiger partial charge in [0.1, 0.15) is 5.78 Å². The standard InChI is InChI=1S/C10H6F3O3.C8H16.C7H11.3W/c1-6(15)8-3-2-7(10(11,12)13)4-9(8)16-5-14;1-5-7(3)8(4)6-2;1-3-5-7-6-4-2;;;/h2-4H,1H3;5-8H,1-4H3;6-7H,1,4-5H2,2H3;;;/q-1;-2;-1;;2*+2/b;;7-6-;;;. The van der Waals surface area contributed by atoms with Gasteiger partial charge < -0.3 is 28.4 Å². The molecule has 1 aromatic rings. The monoisotopic (exact) mass is 990 g/mol. The predicted molar refractivity (Wildman–Crippen MR) is 119 cm³/mol. The van der Waals surface area contributed by atoms with Crippen molar-refractivity contribution in [3.05, 3.63) is 67.0 Å². The van der Waals surface area contributed by atoms with Crippen LogP contribution in [0.3, 0.4) is 0 Å². The number of Topliss-reactive ketones (excluding diaryl/α,β-unsaturated/α-hetero) is 1. The molecule has 0 aromatic heterocycles. The molecule has 190 valence electrons. The van der Waals surface area contributed by atoms with Gasteiger partial charge in [-0.15, -0.1) is 6.08 Å². The number of alkyl halides is 3. The summed E-state index contributed by atoms with van der Waals surface area (Å²) in [6, 6.07) is 2.29. The number of hydrogen-bond acceptors (Lipinski definition) is 3. The molecule has 1 rings (SSSR count). The summed E-state index contributed by atoms with van der Waals surface area (Å²) in [7, 11) is 0. The molecule has 3 nitrogen and oxygen atoms in total. The van der Waals surface area contributed by atoms with Crippen LogP contribution in [0.1, 0.15) is 70.3 Å². The average molecular weight is 990 g/mol. The van der Waals surface area contributed by atoms with E-state index in [4.69, 9.17) is 0 Å². The van der Waals surface area contributed by atoms with Crippen molar-refractivity contribution >= 4 is 12.3 Å². The normalized spacial score (nSPS) is 11.4. The molecule has 0 aliphatic heterocycles. The van der Waals surface area contributed by atoms with Crippen molar-refractivity contribution in [3.63, 3.8) is 0 Å². The van der Waals surface area contributed by atoms with Crippen LogP contribution in [0, 0.1) is 30.8 Å². The van der Waals surface area contributed by atoms with Crippen LogP contribution >= 0.6 is 0 Å². The summed E-state index contributed by atoms with van der Waals surface area (Å²) in [5.74, 6) is 0.524. The third kappa shape index (κ3) is 21.0. The number of hydrogen-bond donors (Lipinski definition) is 0. The molecule has 2 atom stereocenters. The fourth-order valence-corrected chi connectivity index (χ4v) is 2.06. The molecule has 0 spiro atoms. The van der Waals surface area contributed by atoms with Gasteiger partial charge in [-0.05, 0) is 24.7 Å². The molecule has 0 aliphatic rings. The minimum atomic E-state index is -4.56. The molecular formula is C25H33F3O3W3. The Morgan fingerprint density at radius 3 is 1.97 bits per heavy atom. The van der Waals surface area contributed by atoms with E-state index < -0.39 is 23.3 Å². The van der Waals surface area contributed by atoms with Gasteiger partial charge in [0, 0.05) is 26.6 Å². The number of allylic oxidation sites excluding steroid dienone is 3. The van der Waals surface area contributed by atoms with Crippen LogP contribution < -0.4 is 4.74 Å². The summed E-state index contributed by atoms with van der Waals surface area (Å²) in [4.78, 5) is 21.0. The van der Waals surface area contributed by atoms with E-state index in [1.165, 1.54) is 0 Å². The minimum absolute atomic E-state index is 0. The third-order valence-electron chi connectivity index (χ3n) is 4.39. The Balaban J connectivity index is -0.000000133. The molecule has 0 radical (unpaired) electrons. The molecule has 9 heteroatoms. The van der Waals surface area contributed by atoms with Crippen LogP contribution in [0.2, 0.25) is 0 Å². The second-order valence-electron chi connectivity index (χ2n) is 6.67. The van der Waals surface area contributed by atoms with Gasteiger partial charge >= 0.3 is 48.3 Å². The Hall–Kier alpha value is -0.305. The van der Waals surface area contributed by atoms with E-state index >= 15 is 0 Å². The van der Waals surface area contributed by atoms with Gasteiger partial charge in [-0.3, -0.25) is 11.4 Å². The summed E-state index contributed by atoms with van der Waals surface area (Å²) in [6.07, 6.45) is 8.86. The van der Waals surface area contributed by atoms with Crippen molar-refractivity contribution in [2.24, 2.45) is 11.8 Å². The van der Waals surface area contributed by atoms with Crippen molar-refractivity contribution in [2.75, 3.05) is 0 Å². The van der Waals surface area contributed by atoms with Crippen LogP contribution in [0.5, 0.6) is 5.75 Å². The number of ketones is 1. The van der Waals surface area contributed by atoms with Crippen molar-refractivity contribution in [2.45, 2.75) is 60.6 Å². The zero-order valence-electron chi connectivity index (χ0n) is 20.4. The molecule has 2 unspecified atom stereocenters. The molecular weight excluding hydrogens is 957 g/mol. The Morgan fingerprint density at radius 1 is 1.15 bits per heavy atom. The van der Waals surface area contributed by atoms with Crippen LogP contribution in [0.25, 0.3) is 0 Å². The van der Waals surface area contributed by atoms with E-state index in [0.717, 1.165) is 50.2 Å². The largest absolute Gasteiger partial charge is 2.00 e. The second-order valence-corrected chi connectivity index (χ2v) is 6.67. The Kier molecular flexibility index (Phi) is 33.2. The van der Waals surface area contributed by atoms with Gasteiger partial charge in [-0.1, -0.05) is 45.0 Å². The molecule has 1 aromatic carbocycles. The van der Waals surface area contributed by atoms with E-state index in [0.29, 0.717) is 6.07 Å². The summed E-state index contributed by atoms with van der Waals surface area (Å²) in [5.41, 5.74) is -1.10. The molecule has 0 saturated carbocycles.